The molecule has 0 aromatic rings. The maximum Gasteiger partial charge on any atom is 0.0698 e. The van der Waals surface area contributed by atoms with Crippen molar-refractivity contribution in [3.63, 3.8) is 0 Å². The molecule has 0 aliphatic heterocycles. The smallest absolute Gasteiger partial charge is 0.0698 e. The van der Waals surface area contributed by atoms with Crippen LogP contribution in [0.15, 0.2) is 0 Å². The highest BCUT2D eigenvalue weighted by Gasteiger charge is 1.94. The Hall–Kier alpha value is -0.730. The molecule has 4 N–H and O–H groups in total. The van der Waals surface area contributed by atoms with Crippen molar-refractivity contribution in [2.24, 2.45) is 0 Å². The van der Waals surface area contributed by atoms with Gasteiger partial charge in [-0.3, -0.25) is 0 Å². The van der Waals surface area contributed by atoms with Crippen LogP contribution in [0.1, 0.15) is 123 Å². The number of aliphatic hydroxyl groups is 4. The molecule has 0 spiro atoms. The van der Waals surface area contributed by atoms with Crippen LogP contribution in [0.2, 0.25) is 0 Å². The van der Waals surface area contributed by atoms with Crippen LogP contribution in [-0.2, 0) is 9.53 Å². The van der Waals surface area contributed by atoms with Crippen molar-refractivity contribution in [3.8, 4) is 0 Å². The number of ether oxygens (including phenoxy) is 1. The standard InChI is InChI=1S/C18H36O2.C4H10O3.C4H10O2/c1-2-3-4-5-6-7-8-9-10-11-12-13-14-15-16-17-18(19)20;5-1-3-7-4-2-6;1-4(6)2-3-5/h2-17H2,1H3,(H,19,20);5-6H,1-4H2;4-6H,2-3H2,1H3/p-1. The summed E-state index contributed by atoms with van der Waals surface area (Å²) < 4.78 is 4.63. The fourth-order valence-corrected chi connectivity index (χ4v) is 3.06. The predicted octanol–water partition coefficient (Wildman–Crippen LogP) is 3.74. The summed E-state index contributed by atoms with van der Waals surface area (Å²) in [4.78, 5) is 10.2. The molecule has 0 heterocycles. The number of carbonyl (C=O) groups excluding carboxylic acids is 1. The minimum atomic E-state index is -0.903. The number of hydrogen-bond donors (Lipinski definition) is 4. The fourth-order valence-electron chi connectivity index (χ4n) is 3.06. The molecule has 202 valence electrons. The summed E-state index contributed by atoms with van der Waals surface area (Å²) in [5, 5.41) is 42.9. The van der Waals surface area contributed by atoms with E-state index in [9.17, 15) is 9.90 Å². The summed E-state index contributed by atoms with van der Waals surface area (Å²) >= 11 is 0. The van der Waals surface area contributed by atoms with Gasteiger partial charge in [-0.05, 0) is 26.2 Å². The lowest BCUT2D eigenvalue weighted by Gasteiger charge is -2.04. The monoisotopic (exact) mass is 479 g/mol. The lowest BCUT2D eigenvalue weighted by atomic mass is 10.0. The third-order valence-electron chi connectivity index (χ3n) is 5.00. The van der Waals surface area contributed by atoms with Gasteiger partial charge in [0, 0.05) is 12.6 Å². The van der Waals surface area contributed by atoms with E-state index in [0.29, 0.717) is 19.6 Å². The van der Waals surface area contributed by atoms with Gasteiger partial charge in [-0.15, -0.1) is 0 Å². The number of rotatable bonds is 22. The molecular formula is C26H55O7-. The molecule has 0 rings (SSSR count). The van der Waals surface area contributed by atoms with Gasteiger partial charge in [0.25, 0.3) is 0 Å². The molecule has 0 aromatic carbocycles. The van der Waals surface area contributed by atoms with E-state index in [1.165, 1.54) is 83.5 Å². The van der Waals surface area contributed by atoms with Crippen LogP contribution in [0.3, 0.4) is 0 Å². The van der Waals surface area contributed by atoms with Crippen LogP contribution in [-0.4, -0.2) is 65.5 Å². The van der Waals surface area contributed by atoms with Crippen LogP contribution < -0.4 is 5.11 Å². The quantitative estimate of drug-likeness (QED) is 0.174. The second kappa shape index (κ2) is 35.9. The van der Waals surface area contributed by atoms with Crippen LogP contribution in [0.5, 0.6) is 0 Å². The third-order valence-corrected chi connectivity index (χ3v) is 5.00. The molecule has 0 saturated carbocycles. The molecule has 1 atom stereocenters. The van der Waals surface area contributed by atoms with Crippen LogP contribution in [0.25, 0.3) is 0 Å². The van der Waals surface area contributed by atoms with Gasteiger partial charge in [-0.1, -0.05) is 96.8 Å². The number of hydrogen-bond acceptors (Lipinski definition) is 7. The van der Waals surface area contributed by atoms with E-state index in [-0.39, 0.29) is 32.3 Å². The Bertz CT molecular complexity index is 335. The zero-order chi connectivity index (χ0) is 25.4. The Balaban J connectivity index is -0.000000563. The zero-order valence-electron chi connectivity index (χ0n) is 21.6. The van der Waals surface area contributed by atoms with Gasteiger partial charge < -0.3 is 35.1 Å². The molecule has 0 amide bonds. The number of carboxylic acid groups (broad SMARTS) is 1. The second-order valence-corrected chi connectivity index (χ2v) is 8.49. The van der Waals surface area contributed by atoms with Gasteiger partial charge in [0.15, 0.2) is 0 Å². The summed E-state index contributed by atoms with van der Waals surface area (Å²) in [6.07, 6.45) is 20.0. The second-order valence-electron chi connectivity index (χ2n) is 8.49. The summed E-state index contributed by atoms with van der Waals surface area (Å²) in [7, 11) is 0. The highest BCUT2D eigenvalue weighted by atomic mass is 16.5. The molecule has 0 saturated heterocycles. The van der Waals surface area contributed by atoms with E-state index in [0.717, 1.165) is 12.8 Å². The van der Waals surface area contributed by atoms with Gasteiger partial charge >= 0.3 is 0 Å². The summed E-state index contributed by atoms with van der Waals surface area (Å²) in [6.45, 7) is 4.69. The summed E-state index contributed by atoms with van der Waals surface area (Å²) in [6, 6.07) is 0. The minimum Gasteiger partial charge on any atom is -0.550 e. The van der Waals surface area contributed by atoms with E-state index in [4.69, 9.17) is 20.4 Å². The maximum atomic E-state index is 10.2. The Kier molecular flexibility index (Phi) is 40.0. The topological polar surface area (TPSA) is 130 Å². The van der Waals surface area contributed by atoms with Crippen molar-refractivity contribution in [1.82, 2.24) is 0 Å². The van der Waals surface area contributed by atoms with Gasteiger partial charge in [-0.2, -0.15) is 0 Å². The van der Waals surface area contributed by atoms with Gasteiger partial charge in [0.1, 0.15) is 0 Å². The van der Waals surface area contributed by atoms with Crippen molar-refractivity contribution in [1.29, 1.82) is 0 Å². The van der Waals surface area contributed by atoms with Crippen LogP contribution >= 0.6 is 0 Å². The maximum absolute atomic E-state index is 10.2. The molecule has 0 aliphatic rings. The average Bonchev–Trinajstić information content (AvgIpc) is 2.77. The summed E-state index contributed by atoms with van der Waals surface area (Å²) in [5.74, 6) is -0.903. The third kappa shape index (κ3) is 49.5. The minimum absolute atomic E-state index is 0.0278. The fraction of sp³-hybridized carbons (Fsp3) is 0.962. The lowest BCUT2D eigenvalue weighted by molar-refractivity contribution is -0.305. The Labute approximate surface area is 203 Å². The average molecular weight is 480 g/mol. The number of carbonyl (C=O) groups is 1. The number of aliphatic carboxylic acids is 1. The van der Waals surface area contributed by atoms with Crippen LogP contribution in [0.4, 0.5) is 0 Å². The highest BCUT2D eigenvalue weighted by molar-refractivity contribution is 5.63. The number of unbranched alkanes of at least 4 members (excludes halogenated alkanes) is 14. The molecule has 0 aliphatic carbocycles. The van der Waals surface area contributed by atoms with Gasteiger partial charge in [0.2, 0.25) is 0 Å². The first-order chi connectivity index (χ1) is 16.0. The largest absolute Gasteiger partial charge is 0.550 e. The highest BCUT2D eigenvalue weighted by Crippen LogP contribution is 2.13. The molecule has 7 nitrogen and oxygen atoms in total. The van der Waals surface area contributed by atoms with Crippen molar-refractivity contribution in [3.05, 3.63) is 0 Å². The van der Waals surface area contributed by atoms with Crippen molar-refractivity contribution in [2.75, 3.05) is 33.0 Å². The molecule has 1 unspecified atom stereocenters. The molecule has 0 bridgehead atoms. The van der Waals surface area contributed by atoms with Gasteiger partial charge in [0.05, 0.1) is 32.5 Å². The first-order valence-corrected chi connectivity index (χ1v) is 13.2. The predicted molar refractivity (Wildman–Crippen MR) is 133 cm³/mol. The van der Waals surface area contributed by atoms with E-state index < -0.39 is 5.97 Å². The first-order valence-electron chi connectivity index (χ1n) is 13.2. The van der Waals surface area contributed by atoms with Crippen LogP contribution in [0, 0.1) is 0 Å². The molecule has 0 radical (unpaired) electrons. The SMILES string of the molecule is CC(O)CCO.CCCCCCCCCCCCCCCCCC(=O)[O-].OCCOCCO. The molecule has 0 aromatic heterocycles. The van der Waals surface area contributed by atoms with E-state index in [1.54, 1.807) is 6.92 Å². The number of aliphatic hydroxyl groups excluding tert-OH is 4. The molecule has 0 fully saturated rings. The lowest BCUT2D eigenvalue weighted by Crippen LogP contribution is -2.21. The number of carboxylic acids is 1. The molecular weight excluding hydrogens is 424 g/mol. The van der Waals surface area contributed by atoms with Gasteiger partial charge in [-0.25, -0.2) is 0 Å². The first kappa shape index (κ1) is 36.8. The van der Waals surface area contributed by atoms with Crippen molar-refractivity contribution < 1.29 is 35.1 Å². The Morgan fingerprint density at radius 1 is 0.697 bits per heavy atom. The summed E-state index contributed by atoms with van der Waals surface area (Å²) in [5.41, 5.74) is 0. The zero-order valence-corrected chi connectivity index (χ0v) is 21.6. The molecule has 7 heteroatoms. The van der Waals surface area contributed by atoms with Crippen molar-refractivity contribution >= 4 is 5.97 Å². The normalized spacial score (nSPS) is 11.2. The van der Waals surface area contributed by atoms with E-state index >= 15 is 0 Å². The van der Waals surface area contributed by atoms with E-state index in [2.05, 4.69) is 11.7 Å². The molecule has 33 heavy (non-hydrogen) atoms. The Morgan fingerprint density at radius 3 is 1.30 bits per heavy atom. The van der Waals surface area contributed by atoms with Crippen molar-refractivity contribution in [2.45, 2.75) is 129 Å². The Morgan fingerprint density at radius 2 is 1.06 bits per heavy atom. The van der Waals surface area contributed by atoms with E-state index in [1.807, 2.05) is 0 Å².